The number of fused-ring (bicyclic) bond motifs is 1. The average Bonchev–Trinajstić information content (AvgIpc) is 3.06. The Morgan fingerprint density at radius 2 is 1.75 bits per heavy atom. The van der Waals surface area contributed by atoms with Gasteiger partial charge in [-0.05, 0) is 48.7 Å². The van der Waals surface area contributed by atoms with Crippen LogP contribution in [0.5, 0.6) is 0 Å². The van der Waals surface area contributed by atoms with Crippen LogP contribution in [0.1, 0.15) is 5.56 Å². The van der Waals surface area contributed by atoms with Gasteiger partial charge in [0, 0.05) is 18.0 Å². The molecule has 4 rings (SSSR count). The highest BCUT2D eigenvalue weighted by atomic mass is 32.2. The summed E-state index contributed by atoms with van der Waals surface area (Å²) in [7, 11) is 0. The molecule has 0 saturated heterocycles. The van der Waals surface area contributed by atoms with Crippen LogP contribution in [-0.4, -0.2) is 25.8 Å². The predicted molar refractivity (Wildman–Crippen MR) is 98.4 cm³/mol. The van der Waals surface area contributed by atoms with Crippen LogP contribution in [0.2, 0.25) is 0 Å². The molecule has 0 fully saturated rings. The van der Waals surface area contributed by atoms with E-state index in [9.17, 15) is 17.6 Å². The number of nitrogens with zero attached hydrogens (tertiary/aromatic N) is 4. The number of hydrogen-bond donors (Lipinski definition) is 0. The lowest BCUT2D eigenvalue weighted by Gasteiger charge is -2.07. The highest BCUT2D eigenvalue weighted by Crippen LogP contribution is 2.36. The van der Waals surface area contributed by atoms with Gasteiger partial charge in [-0.2, -0.15) is 18.3 Å². The molecule has 3 aromatic heterocycles. The molecular weight excluding hydrogens is 392 g/mol. The van der Waals surface area contributed by atoms with E-state index in [1.165, 1.54) is 46.6 Å². The second kappa shape index (κ2) is 6.90. The van der Waals surface area contributed by atoms with E-state index in [2.05, 4.69) is 15.1 Å². The molecule has 3 heterocycles. The van der Waals surface area contributed by atoms with Crippen molar-refractivity contribution in [1.82, 2.24) is 19.6 Å². The van der Waals surface area contributed by atoms with Gasteiger partial charge in [0.05, 0.1) is 22.3 Å². The fourth-order valence-electron chi connectivity index (χ4n) is 2.86. The van der Waals surface area contributed by atoms with E-state index in [0.717, 1.165) is 12.3 Å². The number of pyridine rings is 1. The lowest BCUT2D eigenvalue weighted by molar-refractivity contribution is -0.137. The van der Waals surface area contributed by atoms with E-state index in [-0.39, 0.29) is 0 Å². The highest BCUT2D eigenvalue weighted by molar-refractivity contribution is 7.98. The summed E-state index contributed by atoms with van der Waals surface area (Å²) in [6.45, 7) is 0. The molecule has 0 saturated carbocycles. The van der Waals surface area contributed by atoms with Crippen molar-refractivity contribution >= 4 is 17.3 Å². The summed E-state index contributed by atoms with van der Waals surface area (Å²) in [6, 6.07) is 9.64. The molecule has 4 aromatic rings. The third kappa shape index (κ3) is 3.33. The number of aromatic nitrogens is 4. The Hall–Kier alpha value is -2.94. The zero-order chi connectivity index (χ0) is 19.9. The molecule has 28 heavy (non-hydrogen) atoms. The lowest BCUT2D eigenvalue weighted by Crippen LogP contribution is -2.06. The van der Waals surface area contributed by atoms with Crippen LogP contribution < -0.4 is 0 Å². The second-order valence-corrected chi connectivity index (χ2v) is 6.68. The zero-order valence-corrected chi connectivity index (χ0v) is 15.2. The standard InChI is InChI=1S/C19H12F4N4S/c1-28-18-24-9-8-14(25-18)16-15-7-4-12(19(21,22)23)10-27(15)26-17(16)11-2-5-13(20)6-3-11/h2-10H,1H3. The summed E-state index contributed by atoms with van der Waals surface area (Å²) in [5.41, 5.74) is 1.69. The first kappa shape index (κ1) is 18.4. The van der Waals surface area contributed by atoms with Crippen LogP contribution in [0.4, 0.5) is 17.6 Å². The molecule has 0 radical (unpaired) electrons. The van der Waals surface area contributed by atoms with Crippen molar-refractivity contribution in [1.29, 1.82) is 0 Å². The van der Waals surface area contributed by atoms with Crippen LogP contribution in [0.15, 0.2) is 60.0 Å². The predicted octanol–water partition coefficient (Wildman–Crippen LogP) is 5.34. The van der Waals surface area contributed by atoms with E-state index < -0.39 is 17.6 Å². The third-order valence-electron chi connectivity index (χ3n) is 4.15. The third-order valence-corrected chi connectivity index (χ3v) is 4.71. The highest BCUT2D eigenvalue weighted by Gasteiger charge is 2.31. The minimum Gasteiger partial charge on any atom is -0.239 e. The summed E-state index contributed by atoms with van der Waals surface area (Å²) >= 11 is 1.35. The maximum absolute atomic E-state index is 13.3. The first-order valence-electron chi connectivity index (χ1n) is 8.10. The minimum absolute atomic E-state index is 0.407. The van der Waals surface area contributed by atoms with Crippen molar-refractivity contribution in [3.8, 4) is 22.5 Å². The van der Waals surface area contributed by atoms with E-state index in [4.69, 9.17) is 0 Å². The molecule has 0 bridgehead atoms. The van der Waals surface area contributed by atoms with Crippen molar-refractivity contribution in [3.05, 3.63) is 66.2 Å². The van der Waals surface area contributed by atoms with Gasteiger partial charge in [0.25, 0.3) is 0 Å². The molecule has 1 aromatic carbocycles. The van der Waals surface area contributed by atoms with Gasteiger partial charge in [0.15, 0.2) is 5.16 Å². The van der Waals surface area contributed by atoms with Crippen molar-refractivity contribution < 1.29 is 17.6 Å². The number of hydrogen-bond acceptors (Lipinski definition) is 4. The summed E-state index contributed by atoms with van der Waals surface area (Å²) in [5.74, 6) is -0.417. The minimum atomic E-state index is -4.49. The lowest BCUT2D eigenvalue weighted by atomic mass is 10.0. The number of rotatable bonds is 3. The normalized spacial score (nSPS) is 11.9. The molecule has 0 amide bonds. The fourth-order valence-corrected chi connectivity index (χ4v) is 3.21. The quantitative estimate of drug-likeness (QED) is 0.263. The van der Waals surface area contributed by atoms with Crippen LogP contribution in [-0.2, 0) is 6.18 Å². The van der Waals surface area contributed by atoms with Gasteiger partial charge in [0.1, 0.15) is 11.5 Å². The Morgan fingerprint density at radius 1 is 1.00 bits per heavy atom. The Bertz CT molecular complexity index is 1150. The molecular formula is C19H12F4N4S. The van der Waals surface area contributed by atoms with Gasteiger partial charge >= 0.3 is 6.18 Å². The monoisotopic (exact) mass is 404 g/mol. The average molecular weight is 404 g/mol. The first-order chi connectivity index (χ1) is 13.4. The number of halogens is 4. The Kier molecular flexibility index (Phi) is 4.54. The van der Waals surface area contributed by atoms with E-state index in [0.29, 0.717) is 33.2 Å². The molecule has 0 aliphatic rings. The van der Waals surface area contributed by atoms with Crippen molar-refractivity contribution in [2.75, 3.05) is 6.26 Å². The summed E-state index contributed by atoms with van der Waals surface area (Å²) < 4.78 is 53.8. The van der Waals surface area contributed by atoms with E-state index in [1.807, 2.05) is 6.26 Å². The number of alkyl halides is 3. The molecule has 0 spiro atoms. The molecule has 0 N–H and O–H groups in total. The Labute approximate surface area is 161 Å². The van der Waals surface area contributed by atoms with Gasteiger partial charge in [-0.3, -0.25) is 0 Å². The summed E-state index contributed by atoms with van der Waals surface area (Å²) in [4.78, 5) is 8.60. The van der Waals surface area contributed by atoms with Crippen LogP contribution in [0, 0.1) is 5.82 Å². The molecule has 4 nitrogen and oxygen atoms in total. The maximum atomic E-state index is 13.3. The van der Waals surface area contributed by atoms with E-state index >= 15 is 0 Å². The first-order valence-corrected chi connectivity index (χ1v) is 9.32. The summed E-state index contributed by atoms with van der Waals surface area (Å²) in [6.07, 6.45) is -0.151. The van der Waals surface area contributed by atoms with Crippen molar-refractivity contribution in [2.45, 2.75) is 11.3 Å². The zero-order valence-electron chi connectivity index (χ0n) is 14.4. The van der Waals surface area contributed by atoms with Gasteiger partial charge in [-0.15, -0.1) is 0 Å². The Morgan fingerprint density at radius 3 is 2.43 bits per heavy atom. The van der Waals surface area contributed by atoms with Crippen LogP contribution in [0.25, 0.3) is 28.0 Å². The van der Waals surface area contributed by atoms with Crippen molar-refractivity contribution in [3.63, 3.8) is 0 Å². The van der Waals surface area contributed by atoms with Crippen LogP contribution in [0.3, 0.4) is 0 Å². The molecule has 142 valence electrons. The number of benzene rings is 1. The fraction of sp³-hybridized carbons (Fsp3) is 0.105. The molecule has 9 heteroatoms. The van der Waals surface area contributed by atoms with E-state index in [1.54, 1.807) is 12.3 Å². The van der Waals surface area contributed by atoms with Gasteiger partial charge < -0.3 is 0 Å². The van der Waals surface area contributed by atoms with Gasteiger partial charge in [-0.1, -0.05) is 11.8 Å². The topological polar surface area (TPSA) is 43.1 Å². The van der Waals surface area contributed by atoms with Gasteiger partial charge in [-0.25, -0.2) is 18.9 Å². The second-order valence-electron chi connectivity index (χ2n) is 5.90. The van der Waals surface area contributed by atoms with Crippen LogP contribution >= 0.6 is 11.8 Å². The largest absolute Gasteiger partial charge is 0.417 e. The Balaban J connectivity index is 2.01. The molecule has 0 aliphatic carbocycles. The SMILES string of the molecule is CSc1nccc(-c2c(-c3ccc(F)cc3)nn3cc(C(F)(F)F)ccc23)n1. The van der Waals surface area contributed by atoms with Gasteiger partial charge in [0.2, 0.25) is 0 Å². The molecule has 0 atom stereocenters. The smallest absolute Gasteiger partial charge is 0.239 e. The molecule has 0 unspecified atom stereocenters. The summed E-state index contributed by atoms with van der Waals surface area (Å²) in [5, 5.41) is 4.87. The van der Waals surface area contributed by atoms with Crippen molar-refractivity contribution in [2.24, 2.45) is 0 Å². The maximum Gasteiger partial charge on any atom is 0.417 e. The molecule has 0 aliphatic heterocycles. The number of thioether (sulfide) groups is 1.